The van der Waals surface area contributed by atoms with Crippen molar-refractivity contribution in [2.45, 2.75) is 6.54 Å². The van der Waals surface area contributed by atoms with Crippen LogP contribution in [0, 0.1) is 0 Å². The third-order valence-electron chi connectivity index (χ3n) is 2.30. The van der Waals surface area contributed by atoms with Gasteiger partial charge in [-0.15, -0.1) is 0 Å². The van der Waals surface area contributed by atoms with Crippen LogP contribution in [0.2, 0.25) is 0 Å². The summed E-state index contributed by atoms with van der Waals surface area (Å²) in [5.74, 6) is 0.901. The number of fused-ring (bicyclic) bond motifs is 3. The first kappa shape index (κ1) is 6.83. The zero-order valence-corrected chi connectivity index (χ0v) is 7.10. The molecule has 3 nitrogen and oxygen atoms in total. The fourth-order valence-corrected chi connectivity index (χ4v) is 1.67. The first-order valence-corrected chi connectivity index (χ1v) is 4.36. The molecule has 13 heavy (non-hydrogen) atoms. The number of ether oxygens (including phenoxy) is 1. The van der Waals surface area contributed by atoms with E-state index in [-0.39, 0.29) is 0 Å². The van der Waals surface area contributed by atoms with Crippen molar-refractivity contribution in [2.75, 3.05) is 6.61 Å². The Morgan fingerprint density at radius 3 is 3.23 bits per heavy atom. The maximum Gasteiger partial charge on any atom is 0.401 e. The number of benzene rings is 1. The van der Waals surface area contributed by atoms with Gasteiger partial charge in [0.25, 0.3) is 0 Å². The highest BCUT2D eigenvalue weighted by Gasteiger charge is 2.24. The molecule has 64 valence electrons. The zero-order chi connectivity index (χ0) is 8.67. The second-order valence-electron chi connectivity index (χ2n) is 3.11. The van der Waals surface area contributed by atoms with Crippen molar-refractivity contribution >= 4 is 10.8 Å². The van der Waals surface area contributed by atoms with E-state index >= 15 is 0 Å². The van der Waals surface area contributed by atoms with Gasteiger partial charge in [-0.25, -0.2) is 0 Å². The van der Waals surface area contributed by atoms with Gasteiger partial charge in [-0.2, -0.15) is 0 Å². The minimum atomic E-state index is 0.737. The summed E-state index contributed by atoms with van der Waals surface area (Å²) in [4.78, 5) is 0. The molecule has 3 rings (SSSR count). The molecule has 0 atom stereocenters. The molecule has 3 heteroatoms. The number of nitrogens with zero attached hydrogens (tertiary/aromatic N) is 2. The van der Waals surface area contributed by atoms with E-state index in [0.717, 1.165) is 29.8 Å². The number of aromatic nitrogens is 2. The minimum Gasteiger partial charge on any atom is -0.435 e. The van der Waals surface area contributed by atoms with Crippen molar-refractivity contribution in [3.63, 3.8) is 0 Å². The third kappa shape index (κ3) is 0.900. The van der Waals surface area contributed by atoms with Gasteiger partial charge in [-0.05, 0) is 15.8 Å². The molecule has 1 aliphatic heterocycles. The monoisotopic (exact) mass is 173 g/mol. The molecule has 2 aromatic rings. The van der Waals surface area contributed by atoms with E-state index in [0.29, 0.717) is 0 Å². The molecule has 0 bridgehead atoms. The summed E-state index contributed by atoms with van der Waals surface area (Å²) in [6, 6.07) is 8.14. The van der Waals surface area contributed by atoms with E-state index in [9.17, 15) is 0 Å². The average Bonchev–Trinajstić information content (AvgIpc) is 2.65. The highest BCUT2D eigenvalue weighted by molar-refractivity contribution is 5.84. The fraction of sp³-hybridized carbons (Fsp3) is 0.200. The van der Waals surface area contributed by atoms with Crippen LogP contribution in [0.25, 0.3) is 10.8 Å². The summed E-state index contributed by atoms with van der Waals surface area (Å²) in [6.07, 6.45) is 1.88. The first-order valence-electron chi connectivity index (χ1n) is 4.36. The van der Waals surface area contributed by atoms with Crippen LogP contribution >= 0.6 is 0 Å². The molecule has 1 aliphatic rings. The summed E-state index contributed by atoms with van der Waals surface area (Å²) in [5.41, 5.74) is 0. The van der Waals surface area contributed by atoms with Gasteiger partial charge in [-0.1, -0.05) is 18.2 Å². The Labute approximate surface area is 75.6 Å². The smallest absolute Gasteiger partial charge is 0.401 e. The van der Waals surface area contributed by atoms with E-state index < -0.39 is 0 Å². The van der Waals surface area contributed by atoms with Crippen molar-refractivity contribution in [1.29, 1.82) is 0 Å². The topological polar surface area (TPSA) is 26.0 Å². The summed E-state index contributed by atoms with van der Waals surface area (Å²) in [6.45, 7) is 1.60. The van der Waals surface area contributed by atoms with Gasteiger partial charge >= 0.3 is 5.88 Å². The van der Waals surface area contributed by atoms with E-state index in [1.54, 1.807) is 0 Å². The summed E-state index contributed by atoms with van der Waals surface area (Å²) >= 11 is 0. The number of hydrogen-bond donors (Lipinski definition) is 0. The molecule has 1 aromatic carbocycles. The van der Waals surface area contributed by atoms with E-state index in [4.69, 9.17) is 4.74 Å². The van der Waals surface area contributed by atoms with Crippen LogP contribution in [0.5, 0.6) is 5.88 Å². The fourth-order valence-electron chi connectivity index (χ4n) is 1.67. The molecular weight excluding hydrogens is 164 g/mol. The summed E-state index contributed by atoms with van der Waals surface area (Å²) in [7, 11) is 0. The lowest BCUT2D eigenvalue weighted by Crippen LogP contribution is -2.34. The van der Waals surface area contributed by atoms with E-state index in [1.807, 2.05) is 29.1 Å². The lowest BCUT2D eigenvalue weighted by molar-refractivity contribution is -0.736. The normalized spacial score (nSPS) is 14.2. The van der Waals surface area contributed by atoms with Crippen LogP contribution in [0.4, 0.5) is 0 Å². The Bertz CT molecular complexity index is 467. The Kier molecular flexibility index (Phi) is 1.27. The van der Waals surface area contributed by atoms with Gasteiger partial charge in [-0.3, -0.25) is 0 Å². The quantitative estimate of drug-likeness (QED) is 0.553. The largest absolute Gasteiger partial charge is 0.435 e. The van der Waals surface area contributed by atoms with E-state index in [2.05, 4.69) is 11.2 Å². The van der Waals surface area contributed by atoms with Gasteiger partial charge in [0, 0.05) is 5.39 Å². The molecule has 0 spiro atoms. The van der Waals surface area contributed by atoms with Crippen LogP contribution in [0.1, 0.15) is 0 Å². The zero-order valence-electron chi connectivity index (χ0n) is 7.10. The Morgan fingerprint density at radius 1 is 1.31 bits per heavy atom. The average molecular weight is 173 g/mol. The van der Waals surface area contributed by atoms with Crippen molar-refractivity contribution in [2.24, 2.45) is 0 Å². The minimum absolute atomic E-state index is 0.737. The van der Waals surface area contributed by atoms with Crippen molar-refractivity contribution in [1.82, 2.24) is 5.10 Å². The van der Waals surface area contributed by atoms with Gasteiger partial charge in [0.05, 0.1) is 5.39 Å². The van der Waals surface area contributed by atoms with Crippen LogP contribution in [-0.2, 0) is 6.54 Å². The highest BCUT2D eigenvalue weighted by Crippen LogP contribution is 2.21. The third-order valence-corrected chi connectivity index (χ3v) is 2.30. The summed E-state index contributed by atoms with van der Waals surface area (Å²) in [5, 5.41) is 6.56. The molecule has 0 aliphatic carbocycles. The van der Waals surface area contributed by atoms with Gasteiger partial charge in [0.1, 0.15) is 6.20 Å². The standard InChI is InChI=1S/C10H9N2O/c1-2-4-9-8(3-1)7-11-12-5-6-13-10(9)12/h1-4,7H,5-6H2/q+1. The molecule has 1 aromatic heterocycles. The Hall–Kier alpha value is -1.64. The number of rotatable bonds is 0. The van der Waals surface area contributed by atoms with Crippen LogP contribution < -0.4 is 9.42 Å². The molecule has 0 fully saturated rings. The van der Waals surface area contributed by atoms with Crippen molar-refractivity contribution in [3.05, 3.63) is 30.5 Å². The Balaban J connectivity index is 2.43. The molecule has 0 amide bonds. The van der Waals surface area contributed by atoms with Crippen LogP contribution in [0.15, 0.2) is 30.5 Å². The highest BCUT2D eigenvalue weighted by atomic mass is 16.5. The predicted molar refractivity (Wildman–Crippen MR) is 47.4 cm³/mol. The second kappa shape index (κ2) is 2.42. The molecule has 0 saturated heterocycles. The molecule has 0 unspecified atom stereocenters. The second-order valence-corrected chi connectivity index (χ2v) is 3.11. The number of hydrogen-bond acceptors (Lipinski definition) is 2. The van der Waals surface area contributed by atoms with Crippen molar-refractivity contribution in [3.8, 4) is 5.88 Å². The predicted octanol–water partition coefficient (Wildman–Crippen LogP) is 0.915. The van der Waals surface area contributed by atoms with Gasteiger partial charge < -0.3 is 4.74 Å². The molecule has 0 N–H and O–H groups in total. The molecule has 2 heterocycles. The Morgan fingerprint density at radius 2 is 2.23 bits per heavy atom. The van der Waals surface area contributed by atoms with Crippen molar-refractivity contribution < 1.29 is 9.42 Å². The molecule has 0 saturated carbocycles. The maximum atomic E-state index is 5.51. The van der Waals surface area contributed by atoms with E-state index in [1.165, 1.54) is 0 Å². The SMILES string of the molecule is c1ccc2c3[n+](ncc2c1)CCO3. The summed E-state index contributed by atoms with van der Waals surface area (Å²) < 4.78 is 7.42. The maximum absolute atomic E-state index is 5.51. The van der Waals surface area contributed by atoms with Crippen LogP contribution in [0.3, 0.4) is 0 Å². The molecule has 0 radical (unpaired) electrons. The lowest BCUT2D eigenvalue weighted by atomic mass is 10.2. The van der Waals surface area contributed by atoms with Gasteiger partial charge in [0.15, 0.2) is 6.61 Å². The lowest BCUT2D eigenvalue weighted by Gasteiger charge is -1.95. The van der Waals surface area contributed by atoms with Crippen LogP contribution in [-0.4, -0.2) is 11.7 Å². The first-order chi connectivity index (χ1) is 6.45. The van der Waals surface area contributed by atoms with Gasteiger partial charge in [0.2, 0.25) is 6.54 Å². The molecular formula is C10H9N2O+.